The number of fused-ring (bicyclic) bond motifs is 2. The summed E-state index contributed by atoms with van der Waals surface area (Å²) in [6, 6.07) is 2.04. The third-order valence-corrected chi connectivity index (χ3v) is 5.95. The molecule has 0 amide bonds. The molecule has 2 aliphatic rings. The van der Waals surface area contributed by atoms with Crippen molar-refractivity contribution in [2.45, 2.75) is 32.4 Å². The van der Waals surface area contributed by atoms with Crippen molar-refractivity contribution in [2.75, 3.05) is 13.1 Å². The van der Waals surface area contributed by atoms with E-state index in [9.17, 15) is 4.79 Å². The van der Waals surface area contributed by atoms with Gasteiger partial charge in [-0.2, -0.15) is 0 Å². The van der Waals surface area contributed by atoms with Crippen LogP contribution in [-0.2, 0) is 6.54 Å². The van der Waals surface area contributed by atoms with Gasteiger partial charge in [0.25, 0.3) is 5.56 Å². The predicted octanol–water partition coefficient (Wildman–Crippen LogP) is 1.66. The molecular weight excluding hydrogens is 320 g/mol. The Morgan fingerprint density at radius 2 is 2.23 bits per heavy atom. The lowest BCUT2D eigenvalue weighted by molar-refractivity contribution is 0.295. The second kappa shape index (κ2) is 5.92. The highest BCUT2D eigenvalue weighted by Crippen LogP contribution is 2.37. The molecule has 1 aliphatic heterocycles. The second-order valence-electron chi connectivity index (χ2n) is 6.44. The van der Waals surface area contributed by atoms with Crippen LogP contribution in [0.4, 0.5) is 0 Å². The number of halogens is 1. The van der Waals surface area contributed by atoms with Gasteiger partial charge in [-0.05, 0) is 31.6 Å². The van der Waals surface area contributed by atoms with Gasteiger partial charge in [0.2, 0.25) is 0 Å². The zero-order chi connectivity index (χ0) is 14.6. The minimum Gasteiger partial charge on any atom is -0.327 e. The molecule has 0 spiro atoms. The molecule has 2 fully saturated rings. The Morgan fingerprint density at radius 3 is 3.00 bits per heavy atom. The first-order valence-corrected chi connectivity index (χ1v) is 8.44. The van der Waals surface area contributed by atoms with E-state index in [4.69, 9.17) is 5.73 Å². The van der Waals surface area contributed by atoms with Crippen molar-refractivity contribution < 1.29 is 0 Å². The third kappa shape index (κ3) is 2.58. The Bertz CT molecular complexity index is 743. The number of nitrogens with two attached hydrogens (primary N) is 1. The third-order valence-electron chi connectivity index (χ3n) is 5.00. The quantitative estimate of drug-likeness (QED) is 0.903. The summed E-state index contributed by atoms with van der Waals surface area (Å²) >= 11 is 1.53. The predicted molar refractivity (Wildman–Crippen MR) is 90.8 cm³/mol. The largest absolute Gasteiger partial charge is 0.327 e. The van der Waals surface area contributed by atoms with E-state index in [1.54, 1.807) is 10.5 Å². The van der Waals surface area contributed by atoms with Gasteiger partial charge in [-0.3, -0.25) is 14.1 Å². The molecule has 2 aromatic rings. The molecule has 120 valence electrons. The van der Waals surface area contributed by atoms with E-state index in [1.807, 2.05) is 12.3 Å². The van der Waals surface area contributed by atoms with Crippen molar-refractivity contribution in [1.82, 2.24) is 14.3 Å². The molecule has 4 rings (SSSR count). The van der Waals surface area contributed by atoms with E-state index in [0.717, 1.165) is 41.9 Å². The van der Waals surface area contributed by atoms with Crippen LogP contribution in [0.1, 0.15) is 24.2 Å². The van der Waals surface area contributed by atoms with Gasteiger partial charge in [0.05, 0.1) is 5.69 Å². The smallest absolute Gasteiger partial charge is 0.259 e. The summed E-state index contributed by atoms with van der Waals surface area (Å²) in [5, 5.41) is 1.98. The van der Waals surface area contributed by atoms with Crippen molar-refractivity contribution in [3.05, 3.63) is 33.2 Å². The molecular formula is C15H21ClN4OS. The number of aryl methyl sites for hydroxylation is 1. The molecule has 22 heavy (non-hydrogen) atoms. The van der Waals surface area contributed by atoms with Crippen LogP contribution < -0.4 is 11.3 Å². The Balaban J connectivity index is 0.00000144. The van der Waals surface area contributed by atoms with Crippen LogP contribution >= 0.6 is 23.7 Å². The topological polar surface area (TPSA) is 63.6 Å². The molecule has 2 N–H and O–H groups in total. The first kappa shape index (κ1) is 15.9. The van der Waals surface area contributed by atoms with Crippen LogP contribution in [-0.4, -0.2) is 33.4 Å². The van der Waals surface area contributed by atoms with Crippen LogP contribution in [0.15, 0.2) is 16.2 Å². The number of hydrogen-bond donors (Lipinski definition) is 1. The summed E-state index contributed by atoms with van der Waals surface area (Å²) < 4.78 is 1.68. The SMILES string of the molecule is Cc1csc2nc(CN3CC4CCC(N)C4C3)cc(=O)n12.Cl. The maximum Gasteiger partial charge on any atom is 0.259 e. The van der Waals surface area contributed by atoms with E-state index < -0.39 is 0 Å². The first-order chi connectivity index (χ1) is 10.1. The molecule has 0 radical (unpaired) electrons. The molecule has 0 bridgehead atoms. The van der Waals surface area contributed by atoms with E-state index in [2.05, 4.69) is 9.88 Å². The number of likely N-dealkylation sites (tertiary alicyclic amines) is 1. The number of rotatable bonds is 2. The Kier molecular flexibility index (Phi) is 4.29. The molecule has 1 saturated heterocycles. The van der Waals surface area contributed by atoms with Gasteiger partial charge in [-0.25, -0.2) is 4.98 Å². The minimum atomic E-state index is 0. The highest BCUT2D eigenvalue weighted by molar-refractivity contribution is 7.15. The zero-order valence-corrected chi connectivity index (χ0v) is 14.2. The maximum absolute atomic E-state index is 12.2. The molecule has 3 unspecified atom stereocenters. The van der Waals surface area contributed by atoms with Gasteiger partial charge in [0, 0.05) is 42.8 Å². The highest BCUT2D eigenvalue weighted by atomic mass is 35.5. The summed E-state index contributed by atoms with van der Waals surface area (Å²) in [4.78, 5) is 20.0. The fourth-order valence-electron chi connectivity index (χ4n) is 3.94. The maximum atomic E-state index is 12.2. The van der Waals surface area contributed by atoms with E-state index >= 15 is 0 Å². The summed E-state index contributed by atoms with van der Waals surface area (Å²) in [5.41, 5.74) is 8.06. The number of thiazole rings is 1. The summed E-state index contributed by atoms with van der Waals surface area (Å²) in [6.45, 7) is 4.86. The van der Waals surface area contributed by atoms with E-state index in [1.165, 1.54) is 24.2 Å². The molecule has 0 aromatic carbocycles. The van der Waals surface area contributed by atoms with Crippen molar-refractivity contribution in [3.8, 4) is 0 Å². The van der Waals surface area contributed by atoms with Gasteiger partial charge in [0.15, 0.2) is 4.96 Å². The van der Waals surface area contributed by atoms with Crippen LogP contribution in [0.25, 0.3) is 4.96 Å². The highest BCUT2D eigenvalue weighted by Gasteiger charge is 2.40. The molecule has 7 heteroatoms. The first-order valence-electron chi connectivity index (χ1n) is 7.56. The minimum absolute atomic E-state index is 0. The monoisotopic (exact) mass is 340 g/mol. The lowest BCUT2D eigenvalue weighted by Crippen LogP contribution is -2.30. The lowest BCUT2D eigenvalue weighted by atomic mass is 9.98. The Hall–Kier alpha value is -0.950. The van der Waals surface area contributed by atoms with Crippen molar-refractivity contribution in [3.63, 3.8) is 0 Å². The van der Waals surface area contributed by atoms with Crippen LogP contribution in [0.3, 0.4) is 0 Å². The standard InChI is InChI=1S/C15H20N4OS.ClH/c1-9-8-21-15-17-11(4-14(20)19(9)15)6-18-5-10-2-3-13(16)12(10)7-18;/h4,8,10,12-13H,2-3,5-7,16H2,1H3;1H. The fourth-order valence-corrected chi connectivity index (χ4v) is 4.83. The molecule has 1 saturated carbocycles. The molecule has 3 atom stereocenters. The van der Waals surface area contributed by atoms with Crippen LogP contribution in [0.5, 0.6) is 0 Å². The van der Waals surface area contributed by atoms with Crippen LogP contribution in [0, 0.1) is 18.8 Å². The fraction of sp³-hybridized carbons (Fsp3) is 0.600. The Morgan fingerprint density at radius 1 is 1.41 bits per heavy atom. The van der Waals surface area contributed by atoms with Gasteiger partial charge in [-0.15, -0.1) is 23.7 Å². The number of aromatic nitrogens is 2. The molecule has 5 nitrogen and oxygen atoms in total. The van der Waals surface area contributed by atoms with Gasteiger partial charge in [-0.1, -0.05) is 0 Å². The van der Waals surface area contributed by atoms with Gasteiger partial charge < -0.3 is 5.73 Å². The summed E-state index contributed by atoms with van der Waals surface area (Å²) in [6.07, 6.45) is 2.42. The van der Waals surface area contributed by atoms with Crippen molar-refractivity contribution in [1.29, 1.82) is 0 Å². The molecule has 3 heterocycles. The lowest BCUT2D eigenvalue weighted by Gasteiger charge is -2.17. The van der Waals surface area contributed by atoms with Crippen LogP contribution in [0.2, 0.25) is 0 Å². The van der Waals surface area contributed by atoms with E-state index in [0.29, 0.717) is 12.0 Å². The second-order valence-corrected chi connectivity index (χ2v) is 7.28. The van der Waals surface area contributed by atoms with Gasteiger partial charge in [0.1, 0.15) is 0 Å². The molecule has 2 aromatic heterocycles. The zero-order valence-electron chi connectivity index (χ0n) is 12.6. The molecule has 1 aliphatic carbocycles. The average Bonchev–Trinajstić information content (AvgIpc) is 3.08. The summed E-state index contributed by atoms with van der Waals surface area (Å²) in [7, 11) is 0. The van der Waals surface area contributed by atoms with Crippen molar-refractivity contribution in [2.24, 2.45) is 17.6 Å². The number of hydrogen-bond acceptors (Lipinski definition) is 5. The normalized spacial score (nSPS) is 28.0. The average molecular weight is 341 g/mol. The van der Waals surface area contributed by atoms with Gasteiger partial charge >= 0.3 is 0 Å². The Labute approximate surface area is 139 Å². The number of nitrogens with zero attached hydrogens (tertiary/aromatic N) is 3. The van der Waals surface area contributed by atoms with E-state index in [-0.39, 0.29) is 18.0 Å². The summed E-state index contributed by atoms with van der Waals surface area (Å²) in [5.74, 6) is 1.38. The van der Waals surface area contributed by atoms with Crippen molar-refractivity contribution >= 4 is 28.7 Å².